The van der Waals surface area contributed by atoms with Gasteiger partial charge in [0.25, 0.3) is 0 Å². The van der Waals surface area contributed by atoms with Crippen LogP contribution in [-0.4, -0.2) is 51.2 Å². The normalized spacial score (nSPS) is 15.4. The summed E-state index contributed by atoms with van der Waals surface area (Å²) in [6, 6.07) is -1.87. The lowest BCUT2D eigenvalue weighted by Gasteiger charge is -2.25. The van der Waals surface area contributed by atoms with Crippen LogP contribution in [0, 0.1) is 5.92 Å². The number of hydrogen-bond acceptors (Lipinski definition) is 7. The minimum Gasteiger partial charge on any atom is -0.480 e. The predicted octanol–water partition coefficient (Wildman–Crippen LogP) is 1.69. The summed E-state index contributed by atoms with van der Waals surface area (Å²) in [6.07, 6.45) is 2.69. The van der Waals surface area contributed by atoms with Gasteiger partial charge in [-0.25, -0.2) is 0 Å². The van der Waals surface area contributed by atoms with Crippen molar-refractivity contribution in [3.63, 3.8) is 0 Å². The Balaban J connectivity index is 0.00000110. The maximum absolute atomic E-state index is 12.2. The Hall–Kier alpha value is -1.74. The van der Waals surface area contributed by atoms with E-state index in [2.05, 4.69) is 17.9 Å². The summed E-state index contributed by atoms with van der Waals surface area (Å²) >= 11 is 4.36. The van der Waals surface area contributed by atoms with Gasteiger partial charge in [0.1, 0.15) is 17.6 Å². The molecule has 1 amide bonds. The van der Waals surface area contributed by atoms with Crippen molar-refractivity contribution in [2.24, 2.45) is 11.7 Å². The van der Waals surface area contributed by atoms with E-state index in [0.717, 1.165) is 12.8 Å². The molecule has 0 bridgehead atoms. The lowest BCUT2D eigenvalue weighted by molar-refractivity contribution is -0.139. The van der Waals surface area contributed by atoms with Crippen LogP contribution in [0.3, 0.4) is 0 Å². The maximum Gasteiger partial charge on any atom is 0.320 e. The van der Waals surface area contributed by atoms with Crippen LogP contribution in [0.25, 0.3) is 0 Å². The molecule has 1 fully saturated rings. The first kappa shape index (κ1) is 27.3. The van der Waals surface area contributed by atoms with Gasteiger partial charge in [-0.2, -0.15) is 12.6 Å². The van der Waals surface area contributed by atoms with Gasteiger partial charge in [0.05, 0.1) is 6.04 Å². The van der Waals surface area contributed by atoms with Crippen LogP contribution in [0.2, 0.25) is 0 Å². The van der Waals surface area contributed by atoms with Crippen LogP contribution in [0.5, 0.6) is 0 Å². The number of Topliss-reactive ketones (excluding diaryl/α,β-unsaturated/α-hetero) is 3. The number of nitrogens with one attached hydrogen (secondary N) is 1. The lowest BCUT2D eigenvalue weighted by Crippen LogP contribution is -2.44. The molecule has 0 saturated heterocycles. The van der Waals surface area contributed by atoms with E-state index in [9.17, 15) is 24.0 Å². The molecule has 2 unspecified atom stereocenters. The number of carboxylic acid groups (broad SMARTS) is 1. The van der Waals surface area contributed by atoms with Gasteiger partial charge in [-0.15, -0.1) is 0 Å². The third-order valence-electron chi connectivity index (χ3n) is 4.30. The van der Waals surface area contributed by atoms with E-state index in [4.69, 9.17) is 10.8 Å². The van der Waals surface area contributed by atoms with Gasteiger partial charge in [0.15, 0.2) is 5.78 Å². The number of rotatable bonds is 12. The molecule has 29 heavy (non-hydrogen) atoms. The Kier molecular flexibility index (Phi) is 12.0. The summed E-state index contributed by atoms with van der Waals surface area (Å²) in [7, 11) is 0. The largest absolute Gasteiger partial charge is 0.480 e. The Morgan fingerprint density at radius 1 is 1.10 bits per heavy atom. The number of nitrogens with two attached hydrogens (primary N) is 1. The zero-order valence-corrected chi connectivity index (χ0v) is 18.6. The van der Waals surface area contributed by atoms with Crippen LogP contribution >= 0.6 is 12.6 Å². The Bertz CT molecular complexity index is 611. The van der Waals surface area contributed by atoms with E-state index in [1.165, 1.54) is 6.92 Å². The Labute approximate surface area is 177 Å². The summed E-state index contributed by atoms with van der Waals surface area (Å²) in [5.41, 5.74) is 5.34. The highest BCUT2D eigenvalue weighted by molar-refractivity contribution is 7.81. The SMILES string of the molecule is CC(=O)C1CC1.CC(=O)CCC(=O)C(CC(C)(C)S)NC(=O)CCC(N)C(=O)O. The highest BCUT2D eigenvalue weighted by Gasteiger charge is 2.27. The molecule has 0 aliphatic heterocycles. The van der Waals surface area contributed by atoms with Gasteiger partial charge in [0.2, 0.25) is 5.91 Å². The first-order valence-electron chi connectivity index (χ1n) is 9.75. The van der Waals surface area contributed by atoms with Crippen molar-refractivity contribution in [2.75, 3.05) is 0 Å². The number of aliphatic carboxylic acids is 1. The molecule has 0 spiro atoms. The van der Waals surface area contributed by atoms with E-state index < -0.39 is 28.7 Å². The molecule has 4 N–H and O–H groups in total. The fourth-order valence-corrected chi connectivity index (χ4v) is 2.57. The second-order valence-electron chi connectivity index (χ2n) is 8.17. The van der Waals surface area contributed by atoms with E-state index >= 15 is 0 Å². The standard InChI is InChI=1S/C15H26N2O5S.C5H8O/c1-9(18)4-6-12(19)11(8-15(2,3)23)17-13(20)7-5-10(16)14(21)22;1-4(6)5-2-3-5/h10-11,23H,4-8,16H2,1-3H3,(H,17,20)(H,21,22);5H,2-3H2,1H3. The minimum absolute atomic E-state index is 0.0141. The van der Waals surface area contributed by atoms with Gasteiger partial charge < -0.3 is 21.0 Å². The second kappa shape index (κ2) is 12.7. The van der Waals surface area contributed by atoms with E-state index in [0.29, 0.717) is 18.1 Å². The molecule has 0 aromatic heterocycles. The molecule has 8 nitrogen and oxygen atoms in total. The third-order valence-corrected chi connectivity index (χ3v) is 4.49. The predicted molar refractivity (Wildman–Crippen MR) is 113 cm³/mol. The van der Waals surface area contributed by atoms with Crippen molar-refractivity contribution < 1.29 is 29.1 Å². The quantitative estimate of drug-likeness (QED) is 0.345. The van der Waals surface area contributed by atoms with Crippen molar-refractivity contribution in [1.82, 2.24) is 5.32 Å². The molecule has 1 rings (SSSR count). The van der Waals surface area contributed by atoms with Crippen molar-refractivity contribution in [1.29, 1.82) is 0 Å². The zero-order chi connectivity index (χ0) is 22.8. The van der Waals surface area contributed by atoms with Gasteiger partial charge in [0, 0.05) is 29.9 Å². The van der Waals surface area contributed by atoms with Gasteiger partial charge in [-0.1, -0.05) is 13.8 Å². The highest BCUT2D eigenvalue weighted by Crippen LogP contribution is 2.29. The molecule has 1 saturated carbocycles. The van der Waals surface area contributed by atoms with Crippen molar-refractivity contribution in [2.45, 2.75) is 89.5 Å². The van der Waals surface area contributed by atoms with Crippen molar-refractivity contribution in [3.05, 3.63) is 0 Å². The summed E-state index contributed by atoms with van der Waals surface area (Å²) in [4.78, 5) is 55.9. The Morgan fingerprint density at radius 3 is 2.00 bits per heavy atom. The van der Waals surface area contributed by atoms with Crippen LogP contribution in [0.15, 0.2) is 0 Å². The molecule has 0 aromatic rings. The zero-order valence-electron chi connectivity index (χ0n) is 17.7. The number of thiol groups is 1. The van der Waals surface area contributed by atoms with Crippen LogP contribution in [0.1, 0.15) is 72.6 Å². The smallest absolute Gasteiger partial charge is 0.320 e. The van der Waals surface area contributed by atoms with Gasteiger partial charge in [-0.05, 0) is 39.5 Å². The van der Waals surface area contributed by atoms with E-state index in [1.54, 1.807) is 6.92 Å². The number of carboxylic acids is 1. The summed E-state index contributed by atoms with van der Waals surface area (Å²) in [5.74, 6) is -1.12. The summed E-state index contributed by atoms with van der Waals surface area (Å²) < 4.78 is -0.485. The topological polar surface area (TPSA) is 144 Å². The molecule has 166 valence electrons. The molecule has 0 aromatic carbocycles. The number of carbonyl (C=O) groups is 5. The van der Waals surface area contributed by atoms with E-state index in [1.807, 2.05) is 13.8 Å². The molecule has 0 heterocycles. The minimum atomic E-state index is -1.18. The summed E-state index contributed by atoms with van der Waals surface area (Å²) in [5, 5.41) is 11.3. The monoisotopic (exact) mass is 430 g/mol. The molecule has 1 aliphatic rings. The third kappa shape index (κ3) is 14.9. The van der Waals surface area contributed by atoms with Crippen LogP contribution < -0.4 is 11.1 Å². The average Bonchev–Trinajstić information content (AvgIpc) is 3.41. The molecule has 1 aliphatic carbocycles. The second-order valence-corrected chi connectivity index (χ2v) is 9.38. The summed E-state index contributed by atoms with van der Waals surface area (Å²) in [6.45, 7) is 6.69. The first-order chi connectivity index (χ1) is 13.2. The molecule has 2 atom stereocenters. The molecule has 9 heteroatoms. The van der Waals surface area contributed by atoms with Crippen LogP contribution in [-0.2, 0) is 24.0 Å². The van der Waals surface area contributed by atoms with Crippen molar-refractivity contribution in [3.8, 4) is 0 Å². The number of carbonyl (C=O) groups excluding carboxylic acids is 4. The molecular weight excluding hydrogens is 396 g/mol. The van der Waals surface area contributed by atoms with Gasteiger partial charge >= 0.3 is 5.97 Å². The highest BCUT2D eigenvalue weighted by atomic mass is 32.1. The average molecular weight is 431 g/mol. The van der Waals surface area contributed by atoms with Crippen LogP contribution in [0.4, 0.5) is 0 Å². The number of hydrogen-bond donors (Lipinski definition) is 4. The molecule has 0 radical (unpaired) electrons. The van der Waals surface area contributed by atoms with Gasteiger partial charge in [-0.3, -0.25) is 19.2 Å². The fourth-order valence-electron chi connectivity index (χ4n) is 2.38. The lowest BCUT2D eigenvalue weighted by atomic mass is 9.96. The number of ketones is 3. The number of amides is 1. The Morgan fingerprint density at radius 2 is 1.66 bits per heavy atom. The maximum atomic E-state index is 12.2. The fraction of sp³-hybridized carbons (Fsp3) is 0.750. The van der Waals surface area contributed by atoms with E-state index in [-0.39, 0.29) is 37.2 Å². The molecular formula is C20H34N2O6S. The van der Waals surface area contributed by atoms with Crippen molar-refractivity contribution >= 4 is 41.9 Å². The first-order valence-corrected chi connectivity index (χ1v) is 10.2.